The third-order valence-corrected chi connectivity index (χ3v) is 7.75. The summed E-state index contributed by atoms with van der Waals surface area (Å²) in [5.41, 5.74) is -2.34. The lowest BCUT2D eigenvalue weighted by molar-refractivity contribution is -0.139. The number of halogens is 3. The number of hydrogen-bond acceptors (Lipinski definition) is 7. The van der Waals surface area contributed by atoms with E-state index in [4.69, 9.17) is 23.0 Å². The minimum Gasteiger partial charge on any atom is -0.493 e. The Hall–Kier alpha value is -2.65. The van der Waals surface area contributed by atoms with Crippen LogP contribution in [0.3, 0.4) is 0 Å². The topological polar surface area (TPSA) is 75.6 Å². The molecule has 7 nitrogen and oxygen atoms in total. The SMILES string of the molecule is CC1=NC(C=Cc2ccc(OCCCc3ccccc3)c(C(F)(F)F)c2)(COP(=O)(OC(C)(C)C)OC(C)(C)C)CO1. The number of aliphatic imine (C=N–C) groups is 1. The molecule has 0 spiro atoms. The number of hydrogen-bond donors (Lipinski definition) is 0. The van der Waals surface area contributed by atoms with Crippen LogP contribution >= 0.6 is 7.82 Å². The largest absolute Gasteiger partial charge is 0.493 e. The van der Waals surface area contributed by atoms with E-state index in [1.54, 1.807) is 54.5 Å². The molecule has 0 saturated heterocycles. The Kier molecular flexibility index (Phi) is 10.7. The molecule has 0 bridgehead atoms. The summed E-state index contributed by atoms with van der Waals surface area (Å²) < 4.78 is 83.7. The van der Waals surface area contributed by atoms with Crippen LogP contribution in [0.1, 0.15) is 71.6 Å². The van der Waals surface area contributed by atoms with Crippen molar-refractivity contribution in [2.75, 3.05) is 19.8 Å². The summed E-state index contributed by atoms with van der Waals surface area (Å²) in [6, 6.07) is 13.6. The molecule has 1 aliphatic heterocycles. The molecule has 2 aromatic carbocycles. The summed E-state index contributed by atoms with van der Waals surface area (Å²) in [5, 5.41) is 0. The minimum atomic E-state index is -4.62. The van der Waals surface area contributed by atoms with Crippen molar-refractivity contribution >= 4 is 19.8 Å². The predicted octanol–water partition coefficient (Wildman–Crippen LogP) is 8.67. The van der Waals surface area contributed by atoms with Crippen LogP contribution in [0.15, 0.2) is 59.6 Å². The monoisotopic (exact) mass is 611 g/mol. The quantitative estimate of drug-likeness (QED) is 0.177. The van der Waals surface area contributed by atoms with Crippen molar-refractivity contribution in [3.8, 4) is 5.75 Å². The minimum absolute atomic E-state index is 0.0368. The molecule has 232 valence electrons. The molecule has 0 aromatic heterocycles. The highest BCUT2D eigenvalue weighted by Gasteiger charge is 2.42. The molecule has 2 aromatic rings. The maximum absolute atomic E-state index is 14.0. The molecule has 1 heterocycles. The molecule has 0 aliphatic carbocycles. The lowest BCUT2D eigenvalue weighted by atomic mass is 10.0. The van der Waals surface area contributed by atoms with Crippen LogP contribution in [0.25, 0.3) is 6.08 Å². The van der Waals surface area contributed by atoms with Crippen molar-refractivity contribution in [1.82, 2.24) is 0 Å². The molecule has 42 heavy (non-hydrogen) atoms. The van der Waals surface area contributed by atoms with E-state index in [0.29, 0.717) is 18.7 Å². The van der Waals surface area contributed by atoms with E-state index < -0.39 is 36.3 Å². The summed E-state index contributed by atoms with van der Waals surface area (Å²) >= 11 is 0. The van der Waals surface area contributed by atoms with Gasteiger partial charge in [-0.25, -0.2) is 9.56 Å². The highest BCUT2D eigenvalue weighted by molar-refractivity contribution is 7.48. The van der Waals surface area contributed by atoms with Crippen LogP contribution in [-0.4, -0.2) is 42.5 Å². The van der Waals surface area contributed by atoms with Gasteiger partial charge in [0.2, 0.25) is 0 Å². The van der Waals surface area contributed by atoms with Crippen LogP contribution in [-0.2, 0) is 35.5 Å². The molecule has 0 radical (unpaired) electrons. The summed E-state index contributed by atoms with van der Waals surface area (Å²) in [6.07, 6.45) is -0.263. The molecule has 1 unspecified atom stereocenters. The normalized spacial score (nSPS) is 18.3. The summed E-state index contributed by atoms with van der Waals surface area (Å²) in [7, 11) is -4.07. The van der Waals surface area contributed by atoms with E-state index in [2.05, 4.69) is 4.99 Å². The smallest absolute Gasteiger partial charge is 0.475 e. The van der Waals surface area contributed by atoms with E-state index in [1.165, 1.54) is 18.2 Å². The third kappa shape index (κ3) is 10.9. The van der Waals surface area contributed by atoms with Gasteiger partial charge in [0.15, 0.2) is 5.90 Å². The number of benzene rings is 2. The first-order chi connectivity index (χ1) is 19.4. The van der Waals surface area contributed by atoms with Gasteiger partial charge in [-0.3, -0.25) is 13.6 Å². The van der Waals surface area contributed by atoms with Crippen molar-refractivity contribution in [3.05, 3.63) is 71.3 Å². The van der Waals surface area contributed by atoms with Crippen molar-refractivity contribution in [2.24, 2.45) is 4.99 Å². The van der Waals surface area contributed by atoms with Gasteiger partial charge < -0.3 is 9.47 Å². The van der Waals surface area contributed by atoms with E-state index in [0.717, 1.165) is 11.6 Å². The number of rotatable bonds is 12. The van der Waals surface area contributed by atoms with Crippen LogP contribution in [0.5, 0.6) is 5.75 Å². The van der Waals surface area contributed by atoms with E-state index in [9.17, 15) is 17.7 Å². The van der Waals surface area contributed by atoms with Crippen LogP contribution in [0.4, 0.5) is 13.2 Å². The van der Waals surface area contributed by atoms with Crippen LogP contribution in [0, 0.1) is 0 Å². The first-order valence-electron chi connectivity index (χ1n) is 13.8. The van der Waals surface area contributed by atoms with Gasteiger partial charge in [0, 0.05) is 6.92 Å². The van der Waals surface area contributed by atoms with Gasteiger partial charge in [-0.05, 0) is 77.6 Å². The van der Waals surface area contributed by atoms with Crippen LogP contribution < -0.4 is 4.74 Å². The number of nitrogens with zero attached hydrogens (tertiary/aromatic N) is 1. The Morgan fingerprint density at radius 2 is 1.64 bits per heavy atom. The Bertz CT molecular complexity index is 1280. The van der Waals surface area contributed by atoms with Gasteiger partial charge in [0.25, 0.3) is 0 Å². The molecular formula is C31H41F3NO6P. The highest BCUT2D eigenvalue weighted by Crippen LogP contribution is 2.56. The van der Waals surface area contributed by atoms with Gasteiger partial charge in [-0.1, -0.05) is 48.6 Å². The second-order valence-electron chi connectivity index (χ2n) is 12.2. The fraction of sp³-hybridized carbons (Fsp3) is 0.516. The molecule has 0 fully saturated rings. The second-order valence-corrected chi connectivity index (χ2v) is 13.7. The summed E-state index contributed by atoms with van der Waals surface area (Å²) in [6.45, 7) is 11.9. The molecule has 3 rings (SSSR count). The number of aryl methyl sites for hydroxylation is 1. The number of phosphoric acid groups is 1. The van der Waals surface area contributed by atoms with Gasteiger partial charge in [-0.15, -0.1) is 0 Å². The van der Waals surface area contributed by atoms with Gasteiger partial charge in [0.1, 0.15) is 17.9 Å². The zero-order chi connectivity index (χ0) is 31.2. The predicted molar refractivity (Wildman–Crippen MR) is 158 cm³/mol. The van der Waals surface area contributed by atoms with E-state index in [1.807, 2.05) is 30.3 Å². The summed E-state index contributed by atoms with van der Waals surface area (Å²) in [5.74, 6) is 0.130. The molecule has 0 amide bonds. The fourth-order valence-corrected chi connectivity index (χ4v) is 5.97. The van der Waals surface area contributed by atoms with E-state index >= 15 is 0 Å². The van der Waals surface area contributed by atoms with Crippen molar-refractivity contribution in [2.45, 2.75) is 84.2 Å². The highest BCUT2D eigenvalue weighted by atomic mass is 31.2. The third-order valence-electron chi connectivity index (χ3n) is 5.76. The zero-order valence-electron chi connectivity index (χ0n) is 25.3. The summed E-state index contributed by atoms with van der Waals surface area (Å²) in [4.78, 5) is 4.50. The average molecular weight is 612 g/mol. The van der Waals surface area contributed by atoms with Crippen molar-refractivity contribution < 1.29 is 40.8 Å². The van der Waals surface area contributed by atoms with Crippen molar-refractivity contribution in [1.29, 1.82) is 0 Å². The lowest BCUT2D eigenvalue weighted by Gasteiger charge is -2.32. The maximum atomic E-state index is 14.0. The molecule has 0 N–H and O–H groups in total. The Labute approximate surface area is 246 Å². The fourth-order valence-electron chi connectivity index (χ4n) is 4.10. The lowest BCUT2D eigenvalue weighted by Crippen LogP contribution is -2.33. The Morgan fingerprint density at radius 3 is 2.19 bits per heavy atom. The van der Waals surface area contributed by atoms with Gasteiger partial charge in [0.05, 0.1) is 30.0 Å². The van der Waals surface area contributed by atoms with Gasteiger partial charge >= 0.3 is 14.0 Å². The molecule has 1 aliphatic rings. The van der Waals surface area contributed by atoms with E-state index in [-0.39, 0.29) is 31.1 Å². The molecule has 0 saturated carbocycles. The number of alkyl halides is 3. The number of ether oxygens (including phenoxy) is 2. The molecule has 11 heteroatoms. The Balaban J connectivity index is 1.78. The first kappa shape index (κ1) is 33.8. The van der Waals surface area contributed by atoms with Crippen LogP contribution in [0.2, 0.25) is 0 Å². The van der Waals surface area contributed by atoms with Gasteiger partial charge in [-0.2, -0.15) is 13.2 Å². The molecule has 1 atom stereocenters. The second kappa shape index (κ2) is 13.3. The molecular weight excluding hydrogens is 570 g/mol. The maximum Gasteiger partial charge on any atom is 0.475 e. The average Bonchev–Trinajstić information content (AvgIpc) is 3.23. The first-order valence-corrected chi connectivity index (χ1v) is 15.3. The standard InChI is InChI=1S/C31H41F3NO6P/c1-23-35-30(21-38-23,22-39-42(36,40-28(2,3)4)41-29(5,6)7)18-17-25-15-16-27(26(20-25)31(32,33)34)37-19-11-14-24-12-9-8-10-13-24/h8-10,12-13,15-18,20H,11,14,19,21-22H2,1-7H3. The number of phosphoric ester groups is 1. The zero-order valence-corrected chi connectivity index (χ0v) is 26.2. The Morgan fingerprint density at radius 1 is 1.00 bits per heavy atom. The van der Waals surface area contributed by atoms with Crippen molar-refractivity contribution in [3.63, 3.8) is 0 Å².